The summed E-state index contributed by atoms with van der Waals surface area (Å²) >= 11 is 0. The largest absolute Gasteiger partial charge is 0.615 e. The molecule has 2 heterocycles. The van der Waals surface area contributed by atoms with Crippen LogP contribution in [0.3, 0.4) is 0 Å². The Hall–Kier alpha value is -2.02. The minimum atomic E-state index is -3.46. The topological polar surface area (TPSA) is 169 Å². The third kappa shape index (κ3) is 7.67. The van der Waals surface area contributed by atoms with Crippen LogP contribution in [0.25, 0.3) is 10.4 Å². The lowest BCUT2D eigenvalue weighted by molar-refractivity contribution is -0.143. The number of ether oxygens (including phenoxy) is 3. The van der Waals surface area contributed by atoms with Gasteiger partial charge in [0.1, 0.15) is 11.0 Å². The van der Waals surface area contributed by atoms with E-state index in [0.717, 1.165) is 63.4 Å². The number of hydrogen-bond acceptors (Lipinski definition) is 9. The summed E-state index contributed by atoms with van der Waals surface area (Å²) in [5.41, 5.74) is 9.32. The number of hydrogen-bond donors (Lipinski definition) is 1. The molecule has 3 fully saturated rings. The molecule has 0 bridgehead atoms. The van der Waals surface area contributed by atoms with Crippen molar-refractivity contribution in [2.45, 2.75) is 119 Å². The van der Waals surface area contributed by atoms with Gasteiger partial charge >= 0.3 is 0 Å². The van der Waals surface area contributed by atoms with Gasteiger partial charge in [0.2, 0.25) is 0 Å². The van der Waals surface area contributed by atoms with Crippen LogP contribution in [0.5, 0.6) is 0 Å². The Labute approximate surface area is 261 Å². The zero-order valence-electron chi connectivity index (χ0n) is 25.9. The molecule has 0 aromatic carbocycles. The molecule has 0 radical (unpaired) electrons. The monoisotopic (exact) mass is 635 g/mol. The Morgan fingerprint density at radius 2 is 1.84 bits per heavy atom. The summed E-state index contributed by atoms with van der Waals surface area (Å²) in [4.78, 5) is 24.7. The minimum Gasteiger partial charge on any atom is -0.615 e. The third-order valence-corrected chi connectivity index (χ3v) is 12.4. The lowest BCUT2D eigenvalue weighted by atomic mass is 9.79. The first kappa shape index (κ1) is 33.3. The molecule has 1 unspecified atom stereocenters. The number of aliphatic hydroxyl groups excluding tert-OH is 1. The molecule has 2 aliphatic heterocycles. The molecule has 0 spiro atoms. The fourth-order valence-electron chi connectivity index (χ4n) is 7.58. The number of sulfone groups is 1. The van der Waals surface area contributed by atoms with E-state index in [-0.39, 0.29) is 42.0 Å². The second kappa shape index (κ2) is 15.5. The molecule has 13 heteroatoms. The van der Waals surface area contributed by atoms with E-state index in [1.807, 2.05) is 0 Å². The molecular weight excluding hydrogens is 586 g/mol. The van der Waals surface area contributed by atoms with Crippen molar-refractivity contribution >= 4 is 22.0 Å². The second-order valence-electron chi connectivity index (χ2n) is 12.9. The third-order valence-electron chi connectivity index (χ3n) is 10.1. The first-order valence-corrected chi connectivity index (χ1v) is 18.4. The first-order chi connectivity index (χ1) is 21.4. The number of nitrogens with zero attached hydrogens (tertiary/aromatic N) is 5. The van der Waals surface area contributed by atoms with Gasteiger partial charge < -0.3 is 28.8 Å². The number of carbonyl (C=O) groups excluding carboxylic acids is 1. The summed E-state index contributed by atoms with van der Waals surface area (Å²) < 4.78 is 45.7. The number of rotatable bonds is 12. The van der Waals surface area contributed by atoms with Crippen LogP contribution in [0.1, 0.15) is 96.3 Å². The number of allylic oxidation sites excluding steroid dienone is 1. The highest BCUT2D eigenvalue weighted by Gasteiger charge is 2.57. The highest BCUT2D eigenvalue weighted by atomic mass is 32.3. The lowest BCUT2D eigenvalue weighted by Gasteiger charge is -2.39. The van der Waals surface area contributed by atoms with Crippen LogP contribution < -0.4 is 0 Å². The fraction of sp³-hybridized carbons (Fsp3) is 0.871. The van der Waals surface area contributed by atoms with Gasteiger partial charge in [0.15, 0.2) is 17.5 Å². The van der Waals surface area contributed by atoms with Crippen LogP contribution in [0.4, 0.5) is 0 Å². The molecule has 44 heavy (non-hydrogen) atoms. The highest BCUT2D eigenvalue weighted by Crippen LogP contribution is 2.45. The number of carbonyl (C=O) groups is 1. The summed E-state index contributed by atoms with van der Waals surface area (Å²) in [5.74, 6) is 0.134. The van der Waals surface area contributed by atoms with Crippen LogP contribution in [0.15, 0.2) is 21.4 Å². The van der Waals surface area contributed by atoms with Crippen molar-refractivity contribution in [3.05, 3.63) is 21.7 Å². The summed E-state index contributed by atoms with van der Waals surface area (Å²) in [5, 5.41) is 12.8. The Morgan fingerprint density at radius 3 is 2.55 bits per heavy atom. The average molecular weight is 636 g/mol. The molecule has 1 amide bonds. The van der Waals surface area contributed by atoms with E-state index in [9.17, 15) is 19.1 Å². The summed E-state index contributed by atoms with van der Waals surface area (Å²) in [7, 11) is -3.46. The smallest absolute Gasteiger partial charge is 0.255 e. The molecule has 0 aromatic heterocycles. The van der Waals surface area contributed by atoms with Gasteiger partial charge in [-0.1, -0.05) is 11.5 Å². The molecule has 1 N–H and O–H groups in total. The van der Waals surface area contributed by atoms with E-state index in [1.54, 1.807) is 4.90 Å². The highest BCUT2D eigenvalue weighted by molar-refractivity contribution is 7.98. The summed E-state index contributed by atoms with van der Waals surface area (Å²) in [6, 6.07) is 0. The Kier molecular flexibility index (Phi) is 11.8. The zero-order chi connectivity index (χ0) is 31.0. The van der Waals surface area contributed by atoms with Crippen molar-refractivity contribution in [1.82, 2.24) is 4.90 Å². The number of aliphatic hydroxyl groups is 1. The first-order valence-electron chi connectivity index (χ1n) is 16.7. The van der Waals surface area contributed by atoms with E-state index in [2.05, 4.69) is 10.0 Å². The summed E-state index contributed by atoms with van der Waals surface area (Å²) in [6.07, 6.45) is 10.3. The van der Waals surface area contributed by atoms with Crippen molar-refractivity contribution in [3.8, 4) is 0 Å². The zero-order valence-corrected chi connectivity index (χ0v) is 26.7. The van der Waals surface area contributed by atoms with Crippen molar-refractivity contribution < 1.29 is 32.9 Å². The average Bonchev–Trinajstić information content (AvgIpc) is 3.46. The molecular formula is C31H49N5O7S. The van der Waals surface area contributed by atoms with Gasteiger partial charge in [-0.2, -0.15) is 0 Å². The molecule has 246 valence electrons. The molecule has 1 saturated heterocycles. The molecule has 5 rings (SSSR count). The van der Waals surface area contributed by atoms with Gasteiger partial charge in [0.05, 0.1) is 19.3 Å². The van der Waals surface area contributed by atoms with Crippen LogP contribution in [0.2, 0.25) is 0 Å². The van der Waals surface area contributed by atoms with Gasteiger partial charge in [-0.05, 0) is 94.6 Å². The quantitative estimate of drug-likeness (QED) is 0.105. The Morgan fingerprint density at radius 1 is 1.11 bits per heavy atom. The second-order valence-corrected chi connectivity index (χ2v) is 15.3. The molecule has 5 aliphatic rings. The van der Waals surface area contributed by atoms with E-state index in [0.29, 0.717) is 76.6 Å². The van der Waals surface area contributed by atoms with Crippen LogP contribution in [0, 0.1) is 5.92 Å². The SMILES string of the molecule is [N-]=[N+]=NC1=C([C@@H]2OC(C3CCC(OCCCO)CC3)=N[C@]2(CC[S+](=O)([O-])C2CCCCC2)C(=O)N2CCOCC2)CCCC1. The van der Waals surface area contributed by atoms with Crippen molar-refractivity contribution in [2.24, 2.45) is 16.0 Å². The Balaban J connectivity index is 1.49. The minimum absolute atomic E-state index is 0.0170. The predicted molar refractivity (Wildman–Crippen MR) is 166 cm³/mol. The van der Waals surface area contributed by atoms with Gasteiger partial charge in [-0.3, -0.25) is 4.79 Å². The maximum atomic E-state index is 14.7. The number of azide groups is 1. The van der Waals surface area contributed by atoms with E-state index >= 15 is 0 Å². The van der Waals surface area contributed by atoms with Gasteiger partial charge in [-0.25, -0.2) is 4.99 Å². The fourth-order valence-corrected chi connectivity index (χ4v) is 9.56. The van der Waals surface area contributed by atoms with Crippen LogP contribution in [-0.2, 0) is 33.4 Å². The van der Waals surface area contributed by atoms with Crippen LogP contribution >= 0.6 is 0 Å². The standard InChI is InChI=1S/C31H49N5O7S/c32-35-34-27-10-5-4-9-26(27)28-31(30(38)36-16-20-41-21-17-36,15-22-44(39,40)25-7-2-1-3-8-25)33-29(43-28)23-11-13-24(14-12-23)42-19-6-18-37/h23-25,28,37H,1-22H2/t23?,24?,28-,31-/m0/s1. The lowest BCUT2D eigenvalue weighted by Crippen LogP contribution is -2.57. The van der Waals surface area contributed by atoms with Crippen molar-refractivity contribution in [3.63, 3.8) is 0 Å². The van der Waals surface area contributed by atoms with Gasteiger partial charge in [0, 0.05) is 59.5 Å². The Bertz CT molecular complexity index is 1150. The maximum Gasteiger partial charge on any atom is 0.255 e. The molecule has 3 aliphatic carbocycles. The number of morpholine rings is 1. The van der Waals surface area contributed by atoms with E-state index < -0.39 is 21.9 Å². The molecule has 0 aromatic rings. The predicted octanol–water partition coefficient (Wildman–Crippen LogP) is 4.83. The van der Waals surface area contributed by atoms with E-state index in [1.165, 1.54) is 0 Å². The normalized spacial score (nSPS) is 31.5. The maximum absolute atomic E-state index is 14.7. The molecule has 3 atom stereocenters. The number of amides is 1. The van der Waals surface area contributed by atoms with E-state index in [4.69, 9.17) is 24.3 Å². The van der Waals surface area contributed by atoms with Gasteiger partial charge in [-0.15, -0.1) is 4.21 Å². The molecule has 12 nitrogen and oxygen atoms in total. The number of aliphatic imine (C=N–C) groups is 1. The van der Waals surface area contributed by atoms with Crippen molar-refractivity contribution in [2.75, 3.05) is 45.3 Å². The van der Waals surface area contributed by atoms with Crippen LogP contribution in [-0.4, -0.2) is 94.6 Å². The summed E-state index contributed by atoms with van der Waals surface area (Å²) in [6.45, 7) is 2.27. The van der Waals surface area contributed by atoms with Gasteiger partial charge in [0.25, 0.3) is 5.91 Å². The van der Waals surface area contributed by atoms with Crippen molar-refractivity contribution in [1.29, 1.82) is 0 Å². The molecule has 2 saturated carbocycles.